The molecule has 1 rings (SSSR count). The van der Waals surface area contributed by atoms with Crippen molar-refractivity contribution in [3.63, 3.8) is 0 Å². The van der Waals surface area contributed by atoms with Gasteiger partial charge in [-0.15, -0.1) is 0 Å². The molecule has 94 valence electrons. The van der Waals surface area contributed by atoms with E-state index in [0.717, 1.165) is 5.56 Å². The van der Waals surface area contributed by atoms with Gasteiger partial charge in [0.25, 0.3) is 0 Å². The summed E-state index contributed by atoms with van der Waals surface area (Å²) in [4.78, 5) is 13.1. The first kappa shape index (κ1) is 14.1. The molecular formula is C12H16Cl2N2O. The monoisotopic (exact) mass is 274 g/mol. The Balaban J connectivity index is 2.43. The van der Waals surface area contributed by atoms with Gasteiger partial charge in [0.05, 0.1) is 0 Å². The lowest BCUT2D eigenvalue weighted by atomic mass is 10.1. The highest BCUT2D eigenvalue weighted by Gasteiger charge is 2.06. The minimum absolute atomic E-state index is 0.0717. The first-order valence-electron chi connectivity index (χ1n) is 5.47. The Bertz CT molecular complexity index is 396. The Morgan fingerprint density at radius 2 is 2.12 bits per heavy atom. The van der Waals surface area contributed by atoms with Crippen molar-refractivity contribution >= 4 is 29.2 Å². The fourth-order valence-electron chi connectivity index (χ4n) is 1.31. The van der Waals surface area contributed by atoms with E-state index < -0.39 is 0 Å². The lowest BCUT2D eigenvalue weighted by Crippen LogP contribution is -2.37. The van der Waals surface area contributed by atoms with Gasteiger partial charge in [0.2, 0.25) is 0 Å². The van der Waals surface area contributed by atoms with E-state index in [4.69, 9.17) is 23.2 Å². The molecular weight excluding hydrogens is 259 g/mol. The molecule has 1 aromatic rings. The van der Waals surface area contributed by atoms with Crippen molar-refractivity contribution in [2.24, 2.45) is 0 Å². The van der Waals surface area contributed by atoms with E-state index in [1.807, 2.05) is 13.0 Å². The smallest absolute Gasteiger partial charge is 0.317 e. The van der Waals surface area contributed by atoms with Crippen molar-refractivity contribution in [2.45, 2.75) is 13.3 Å². The molecule has 0 aromatic heterocycles. The molecule has 0 aliphatic heterocycles. The number of halogens is 2. The van der Waals surface area contributed by atoms with E-state index in [1.165, 1.54) is 0 Å². The molecule has 0 aliphatic carbocycles. The molecule has 0 spiro atoms. The van der Waals surface area contributed by atoms with Crippen molar-refractivity contribution in [1.82, 2.24) is 10.2 Å². The summed E-state index contributed by atoms with van der Waals surface area (Å²) in [6, 6.07) is 5.30. The first-order valence-corrected chi connectivity index (χ1v) is 6.23. The predicted molar refractivity (Wildman–Crippen MR) is 71.9 cm³/mol. The molecule has 0 heterocycles. The van der Waals surface area contributed by atoms with Crippen LogP contribution in [0.4, 0.5) is 4.79 Å². The van der Waals surface area contributed by atoms with Gasteiger partial charge in [0.15, 0.2) is 0 Å². The van der Waals surface area contributed by atoms with Gasteiger partial charge in [-0.3, -0.25) is 0 Å². The average Bonchev–Trinajstić information content (AvgIpc) is 2.30. The van der Waals surface area contributed by atoms with Crippen LogP contribution in [0.25, 0.3) is 0 Å². The highest BCUT2D eigenvalue weighted by molar-refractivity contribution is 6.35. The quantitative estimate of drug-likeness (QED) is 0.899. The van der Waals surface area contributed by atoms with Gasteiger partial charge in [-0.1, -0.05) is 29.3 Å². The zero-order valence-corrected chi connectivity index (χ0v) is 11.5. The molecule has 1 N–H and O–H groups in total. The van der Waals surface area contributed by atoms with E-state index in [1.54, 1.807) is 24.1 Å². The molecule has 0 aliphatic rings. The first-order chi connectivity index (χ1) is 8.04. The summed E-state index contributed by atoms with van der Waals surface area (Å²) >= 11 is 11.8. The van der Waals surface area contributed by atoms with Crippen LogP contribution in [0.5, 0.6) is 0 Å². The van der Waals surface area contributed by atoms with E-state index in [0.29, 0.717) is 29.6 Å². The highest BCUT2D eigenvalue weighted by atomic mass is 35.5. The maximum Gasteiger partial charge on any atom is 0.317 e. The summed E-state index contributed by atoms with van der Waals surface area (Å²) in [5.41, 5.74) is 0.982. The van der Waals surface area contributed by atoms with Crippen molar-refractivity contribution in [2.75, 3.05) is 20.1 Å². The SMILES string of the molecule is CCN(C)C(=O)NCCc1ccc(Cl)cc1Cl. The molecule has 0 bridgehead atoms. The number of nitrogens with zero attached hydrogens (tertiary/aromatic N) is 1. The Hall–Kier alpha value is -0.930. The normalized spacial score (nSPS) is 10.1. The Morgan fingerprint density at radius 3 is 2.71 bits per heavy atom. The summed E-state index contributed by atoms with van der Waals surface area (Å²) in [7, 11) is 1.75. The number of carbonyl (C=O) groups excluding carboxylic acids is 1. The molecule has 17 heavy (non-hydrogen) atoms. The number of urea groups is 1. The summed E-state index contributed by atoms with van der Waals surface area (Å²) < 4.78 is 0. The van der Waals surface area contributed by atoms with Gasteiger partial charge in [0.1, 0.15) is 0 Å². The number of hydrogen-bond donors (Lipinski definition) is 1. The van der Waals surface area contributed by atoms with E-state index >= 15 is 0 Å². The van der Waals surface area contributed by atoms with Gasteiger partial charge in [-0.05, 0) is 31.0 Å². The second-order valence-corrected chi connectivity index (χ2v) is 4.58. The van der Waals surface area contributed by atoms with Gasteiger partial charge in [0, 0.05) is 30.2 Å². The highest BCUT2D eigenvalue weighted by Crippen LogP contribution is 2.20. The van der Waals surface area contributed by atoms with Gasteiger partial charge in [-0.25, -0.2) is 4.79 Å². The molecule has 1 aromatic carbocycles. The van der Waals surface area contributed by atoms with Gasteiger partial charge >= 0.3 is 6.03 Å². The lowest BCUT2D eigenvalue weighted by molar-refractivity contribution is 0.211. The standard InChI is InChI=1S/C12H16Cl2N2O/c1-3-16(2)12(17)15-7-6-9-4-5-10(13)8-11(9)14/h4-5,8H,3,6-7H2,1-2H3,(H,15,17). The van der Waals surface area contributed by atoms with Crippen LogP contribution in [0, 0.1) is 0 Å². The largest absolute Gasteiger partial charge is 0.338 e. The number of hydrogen-bond acceptors (Lipinski definition) is 1. The van der Waals surface area contributed by atoms with Crippen LogP contribution >= 0.6 is 23.2 Å². The zero-order chi connectivity index (χ0) is 12.8. The molecule has 5 heteroatoms. The summed E-state index contributed by atoms with van der Waals surface area (Å²) in [6.45, 7) is 3.17. The maximum atomic E-state index is 11.5. The molecule has 0 saturated heterocycles. The number of carbonyl (C=O) groups is 1. The van der Waals surface area contributed by atoms with Crippen LogP contribution in [0.1, 0.15) is 12.5 Å². The van der Waals surface area contributed by atoms with Crippen molar-refractivity contribution in [3.8, 4) is 0 Å². The maximum absolute atomic E-state index is 11.5. The summed E-state index contributed by atoms with van der Waals surface area (Å²) in [5.74, 6) is 0. The minimum Gasteiger partial charge on any atom is -0.338 e. The third kappa shape index (κ3) is 4.44. The number of amides is 2. The fraction of sp³-hybridized carbons (Fsp3) is 0.417. The van der Waals surface area contributed by atoms with Crippen LogP contribution in [0.2, 0.25) is 10.0 Å². The Labute approximate surface area is 112 Å². The third-order valence-corrected chi connectivity index (χ3v) is 3.09. The molecule has 3 nitrogen and oxygen atoms in total. The van der Waals surface area contributed by atoms with E-state index in [2.05, 4.69) is 5.32 Å². The molecule has 0 radical (unpaired) electrons. The zero-order valence-electron chi connectivity index (χ0n) is 9.96. The van der Waals surface area contributed by atoms with Crippen LogP contribution in [0.15, 0.2) is 18.2 Å². The summed E-state index contributed by atoms with van der Waals surface area (Å²) in [6.07, 6.45) is 0.694. The van der Waals surface area contributed by atoms with Crippen molar-refractivity contribution in [3.05, 3.63) is 33.8 Å². The number of benzene rings is 1. The fourth-order valence-corrected chi connectivity index (χ4v) is 1.81. The average molecular weight is 275 g/mol. The Kier molecular flexibility index (Phi) is 5.59. The molecule has 0 atom stereocenters. The molecule has 0 unspecified atom stereocenters. The van der Waals surface area contributed by atoms with Crippen LogP contribution < -0.4 is 5.32 Å². The lowest BCUT2D eigenvalue weighted by Gasteiger charge is -2.15. The predicted octanol–water partition coefficient (Wildman–Crippen LogP) is 3.20. The molecule has 0 fully saturated rings. The molecule has 0 saturated carbocycles. The van der Waals surface area contributed by atoms with Gasteiger partial charge in [-0.2, -0.15) is 0 Å². The number of nitrogens with one attached hydrogen (secondary N) is 1. The topological polar surface area (TPSA) is 32.3 Å². The second kappa shape index (κ2) is 6.72. The van der Waals surface area contributed by atoms with Crippen LogP contribution in [-0.4, -0.2) is 31.1 Å². The van der Waals surface area contributed by atoms with Crippen LogP contribution in [0.3, 0.4) is 0 Å². The molecule has 2 amide bonds. The van der Waals surface area contributed by atoms with Crippen LogP contribution in [-0.2, 0) is 6.42 Å². The number of rotatable bonds is 4. The van der Waals surface area contributed by atoms with Crippen molar-refractivity contribution in [1.29, 1.82) is 0 Å². The summed E-state index contributed by atoms with van der Waals surface area (Å²) in [5, 5.41) is 4.07. The third-order valence-electron chi connectivity index (χ3n) is 2.51. The second-order valence-electron chi connectivity index (χ2n) is 3.73. The van der Waals surface area contributed by atoms with Crippen molar-refractivity contribution < 1.29 is 4.79 Å². The Morgan fingerprint density at radius 1 is 1.41 bits per heavy atom. The minimum atomic E-state index is -0.0717. The van der Waals surface area contributed by atoms with Gasteiger partial charge < -0.3 is 10.2 Å². The van der Waals surface area contributed by atoms with E-state index in [9.17, 15) is 4.79 Å². The van der Waals surface area contributed by atoms with E-state index in [-0.39, 0.29) is 6.03 Å².